The number of hydrogen-bond acceptors (Lipinski definition) is 4. The van der Waals surface area contributed by atoms with Crippen LogP contribution in [0.3, 0.4) is 0 Å². The Hall–Kier alpha value is -2.14. The molecule has 116 valence electrons. The van der Waals surface area contributed by atoms with Gasteiger partial charge in [-0.05, 0) is 43.7 Å². The van der Waals surface area contributed by atoms with Crippen molar-refractivity contribution in [2.75, 3.05) is 0 Å². The third-order valence-electron chi connectivity index (χ3n) is 3.25. The molecule has 4 nitrogen and oxygen atoms in total. The topological polar surface area (TPSA) is 60.4 Å². The SMILES string of the molecule is CC(C)S(=O)(=O)c1ccc(C(=O)OCc2ccccc2)cc1. The van der Waals surface area contributed by atoms with Crippen molar-refractivity contribution in [2.24, 2.45) is 0 Å². The van der Waals surface area contributed by atoms with Gasteiger partial charge in [0.1, 0.15) is 6.61 Å². The molecular weight excluding hydrogens is 300 g/mol. The van der Waals surface area contributed by atoms with E-state index >= 15 is 0 Å². The predicted octanol–water partition coefficient (Wildman–Crippen LogP) is 3.23. The van der Waals surface area contributed by atoms with Crippen LogP contribution in [0.2, 0.25) is 0 Å². The van der Waals surface area contributed by atoms with Gasteiger partial charge in [0.15, 0.2) is 9.84 Å². The highest BCUT2D eigenvalue weighted by Gasteiger charge is 2.19. The summed E-state index contributed by atoms with van der Waals surface area (Å²) < 4.78 is 29.2. The minimum atomic E-state index is -3.33. The van der Waals surface area contributed by atoms with Crippen molar-refractivity contribution >= 4 is 15.8 Å². The van der Waals surface area contributed by atoms with Gasteiger partial charge in [-0.3, -0.25) is 0 Å². The molecule has 0 bridgehead atoms. The number of carbonyl (C=O) groups excluding carboxylic acids is 1. The molecule has 0 unspecified atom stereocenters. The summed E-state index contributed by atoms with van der Waals surface area (Å²) in [6.45, 7) is 3.43. The Bertz CT molecular complexity index is 732. The van der Waals surface area contributed by atoms with E-state index in [1.54, 1.807) is 13.8 Å². The summed E-state index contributed by atoms with van der Waals surface area (Å²) in [5.41, 5.74) is 1.23. The van der Waals surface area contributed by atoms with Crippen LogP contribution in [0.4, 0.5) is 0 Å². The summed E-state index contributed by atoms with van der Waals surface area (Å²) in [6, 6.07) is 15.2. The number of rotatable bonds is 5. The van der Waals surface area contributed by atoms with Crippen LogP contribution in [0, 0.1) is 0 Å². The van der Waals surface area contributed by atoms with E-state index in [9.17, 15) is 13.2 Å². The van der Waals surface area contributed by atoms with Crippen molar-refractivity contribution < 1.29 is 17.9 Å². The zero-order valence-corrected chi connectivity index (χ0v) is 13.3. The Labute approximate surface area is 130 Å². The lowest BCUT2D eigenvalue weighted by Gasteiger charge is -2.09. The number of sulfone groups is 1. The van der Waals surface area contributed by atoms with E-state index < -0.39 is 21.1 Å². The molecule has 0 amide bonds. The third kappa shape index (κ3) is 3.74. The average Bonchev–Trinajstić information content (AvgIpc) is 2.53. The standard InChI is InChI=1S/C17H18O4S/c1-13(2)22(19,20)16-10-8-15(9-11-16)17(18)21-12-14-6-4-3-5-7-14/h3-11,13H,12H2,1-2H3. The number of benzene rings is 2. The maximum absolute atomic E-state index is 12.0. The second kappa shape index (κ2) is 6.75. The van der Waals surface area contributed by atoms with Gasteiger partial charge in [0.2, 0.25) is 0 Å². The van der Waals surface area contributed by atoms with Crippen molar-refractivity contribution in [2.45, 2.75) is 30.6 Å². The summed E-state index contributed by atoms with van der Waals surface area (Å²) in [5, 5.41) is -0.497. The fourth-order valence-electron chi connectivity index (χ4n) is 1.86. The number of ether oxygens (including phenoxy) is 1. The van der Waals surface area contributed by atoms with Gasteiger partial charge in [-0.1, -0.05) is 30.3 Å². The van der Waals surface area contributed by atoms with Gasteiger partial charge in [0.05, 0.1) is 15.7 Å². The predicted molar refractivity (Wildman–Crippen MR) is 84.3 cm³/mol. The molecule has 0 spiro atoms. The fourth-order valence-corrected chi connectivity index (χ4v) is 2.92. The molecule has 0 aliphatic carbocycles. The van der Waals surface area contributed by atoms with Crippen LogP contribution in [-0.2, 0) is 21.2 Å². The Kier molecular flexibility index (Phi) is 4.98. The average molecular weight is 318 g/mol. The van der Waals surface area contributed by atoms with E-state index in [0.29, 0.717) is 5.56 Å². The minimum Gasteiger partial charge on any atom is -0.457 e. The molecule has 0 fully saturated rings. The molecule has 0 aromatic heterocycles. The zero-order valence-electron chi connectivity index (χ0n) is 12.5. The lowest BCUT2D eigenvalue weighted by molar-refractivity contribution is 0.0472. The van der Waals surface area contributed by atoms with Gasteiger partial charge >= 0.3 is 5.97 Å². The summed E-state index contributed by atoms with van der Waals surface area (Å²) in [7, 11) is -3.33. The Morgan fingerprint density at radius 3 is 2.14 bits per heavy atom. The van der Waals surface area contributed by atoms with Crippen molar-refractivity contribution in [1.82, 2.24) is 0 Å². The molecular formula is C17H18O4S. The first-order valence-corrected chi connectivity index (χ1v) is 8.51. The van der Waals surface area contributed by atoms with Gasteiger partial charge in [-0.25, -0.2) is 13.2 Å². The van der Waals surface area contributed by atoms with E-state index in [1.165, 1.54) is 24.3 Å². The molecule has 0 aliphatic rings. The molecule has 2 aromatic carbocycles. The molecule has 2 rings (SSSR count). The summed E-state index contributed by atoms with van der Waals surface area (Å²) in [4.78, 5) is 12.2. The van der Waals surface area contributed by atoms with E-state index in [0.717, 1.165) is 5.56 Å². The second-order valence-corrected chi connectivity index (χ2v) is 7.68. The quantitative estimate of drug-likeness (QED) is 0.794. The summed E-state index contributed by atoms with van der Waals surface area (Å²) in [5.74, 6) is -0.475. The molecule has 0 aliphatic heterocycles. The van der Waals surface area contributed by atoms with Crippen molar-refractivity contribution in [3.8, 4) is 0 Å². The van der Waals surface area contributed by atoms with Crippen LogP contribution in [-0.4, -0.2) is 19.6 Å². The Morgan fingerprint density at radius 2 is 1.59 bits per heavy atom. The molecule has 0 saturated carbocycles. The minimum absolute atomic E-state index is 0.186. The van der Waals surface area contributed by atoms with Gasteiger partial charge in [-0.2, -0.15) is 0 Å². The highest BCUT2D eigenvalue weighted by atomic mass is 32.2. The first-order chi connectivity index (χ1) is 10.4. The second-order valence-electron chi connectivity index (χ2n) is 5.18. The molecule has 0 atom stereocenters. The van der Waals surface area contributed by atoms with E-state index in [4.69, 9.17) is 4.74 Å². The summed E-state index contributed by atoms with van der Waals surface area (Å²) >= 11 is 0. The molecule has 0 heterocycles. The largest absolute Gasteiger partial charge is 0.457 e. The normalized spacial score (nSPS) is 11.4. The molecule has 0 radical (unpaired) electrons. The van der Waals surface area contributed by atoms with Gasteiger partial charge < -0.3 is 4.74 Å². The lowest BCUT2D eigenvalue weighted by atomic mass is 10.2. The maximum atomic E-state index is 12.0. The molecule has 0 saturated heterocycles. The smallest absolute Gasteiger partial charge is 0.338 e. The van der Waals surface area contributed by atoms with Crippen molar-refractivity contribution in [3.05, 3.63) is 65.7 Å². The molecule has 5 heteroatoms. The van der Waals surface area contributed by atoms with Crippen molar-refractivity contribution in [1.29, 1.82) is 0 Å². The van der Waals surface area contributed by atoms with Gasteiger partial charge in [-0.15, -0.1) is 0 Å². The zero-order chi connectivity index (χ0) is 16.2. The monoisotopic (exact) mass is 318 g/mol. The highest BCUT2D eigenvalue weighted by Crippen LogP contribution is 2.17. The lowest BCUT2D eigenvalue weighted by Crippen LogP contribution is -2.14. The van der Waals surface area contributed by atoms with Crippen LogP contribution in [0.1, 0.15) is 29.8 Å². The van der Waals surface area contributed by atoms with E-state index in [-0.39, 0.29) is 11.5 Å². The van der Waals surface area contributed by atoms with Crippen molar-refractivity contribution in [3.63, 3.8) is 0 Å². The van der Waals surface area contributed by atoms with Crippen LogP contribution < -0.4 is 0 Å². The fraction of sp³-hybridized carbons (Fsp3) is 0.235. The summed E-state index contributed by atoms with van der Waals surface area (Å²) in [6.07, 6.45) is 0. The van der Waals surface area contributed by atoms with Crippen LogP contribution in [0.15, 0.2) is 59.5 Å². The number of carbonyl (C=O) groups is 1. The van der Waals surface area contributed by atoms with Crippen LogP contribution in [0.5, 0.6) is 0 Å². The van der Waals surface area contributed by atoms with E-state index in [2.05, 4.69) is 0 Å². The maximum Gasteiger partial charge on any atom is 0.338 e. The molecule has 22 heavy (non-hydrogen) atoms. The first kappa shape index (κ1) is 16.2. The first-order valence-electron chi connectivity index (χ1n) is 6.96. The number of esters is 1. The van der Waals surface area contributed by atoms with Gasteiger partial charge in [0, 0.05) is 0 Å². The molecule has 0 N–H and O–H groups in total. The van der Waals surface area contributed by atoms with Crippen LogP contribution >= 0.6 is 0 Å². The molecule has 2 aromatic rings. The highest BCUT2D eigenvalue weighted by molar-refractivity contribution is 7.92. The van der Waals surface area contributed by atoms with E-state index in [1.807, 2.05) is 30.3 Å². The Morgan fingerprint density at radius 1 is 1.00 bits per heavy atom. The van der Waals surface area contributed by atoms with Gasteiger partial charge in [0.25, 0.3) is 0 Å². The number of hydrogen-bond donors (Lipinski definition) is 0. The Balaban J connectivity index is 2.06. The van der Waals surface area contributed by atoms with Crippen LogP contribution in [0.25, 0.3) is 0 Å². The third-order valence-corrected chi connectivity index (χ3v) is 5.42.